The molecule has 5 N–H and O–H groups in total. The van der Waals surface area contributed by atoms with Crippen molar-refractivity contribution >= 4 is 0 Å². The van der Waals surface area contributed by atoms with E-state index in [0.29, 0.717) is 50.1 Å². The van der Waals surface area contributed by atoms with E-state index < -0.39 is 61.2 Å². The van der Waals surface area contributed by atoms with E-state index in [0.717, 1.165) is 4.57 Å². The second-order valence-corrected chi connectivity index (χ2v) is 22.5. The quantitative estimate of drug-likeness (QED) is 0.0991. The average molecular weight is 824 g/mol. The fourth-order valence-corrected chi connectivity index (χ4v) is 7.71. The first-order chi connectivity index (χ1) is 26.9. The van der Waals surface area contributed by atoms with Crippen LogP contribution in [0.2, 0.25) is 0 Å². The van der Waals surface area contributed by atoms with Crippen molar-refractivity contribution in [3.8, 4) is 29.3 Å². The molecule has 0 radical (unpaired) electrons. The Hall–Kier alpha value is -5.17. The van der Waals surface area contributed by atoms with Crippen LogP contribution in [0.25, 0.3) is 0 Å². The second kappa shape index (κ2) is 15.4. The summed E-state index contributed by atoms with van der Waals surface area (Å²) in [6.07, 6.45) is 1.69. The molecule has 326 valence electrons. The summed E-state index contributed by atoms with van der Waals surface area (Å²) >= 11 is 0. The number of nitrogens with one attached hydrogen (secondary N) is 2. The van der Waals surface area contributed by atoms with E-state index in [-0.39, 0.29) is 17.2 Å². The highest BCUT2D eigenvalue weighted by Gasteiger charge is 2.43. The van der Waals surface area contributed by atoms with E-state index in [2.05, 4.69) is 22.0 Å². The van der Waals surface area contributed by atoms with Gasteiger partial charge in [0, 0.05) is 0 Å². The second-order valence-electron chi connectivity index (χ2n) is 22.5. The lowest BCUT2D eigenvalue weighted by Gasteiger charge is -2.38. The van der Waals surface area contributed by atoms with Gasteiger partial charge in [-0.05, 0) is 132 Å². The zero-order chi connectivity index (χ0) is 46.1. The summed E-state index contributed by atoms with van der Waals surface area (Å²) in [5.41, 5.74) is -1.38. The molecule has 1 atom stereocenters. The number of hydrogen-bond donors (Lipinski definition) is 5. The van der Waals surface area contributed by atoms with E-state index >= 15 is 0 Å². The van der Waals surface area contributed by atoms with E-state index in [4.69, 9.17) is 4.74 Å². The lowest BCUT2D eigenvalue weighted by Crippen LogP contribution is -2.44. The van der Waals surface area contributed by atoms with Gasteiger partial charge in [0.25, 0.3) is 0 Å². The number of phenols is 3. The molecule has 0 spiro atoms. The molecule has 0 fully saturated rings. The zero-order valence-electron chi connectivity index (χ0n) is 39.5. The molecule has 1 aromatic heterocycles. The molecule has 0 aliphatic heterocycles. The maximum atomic E-state index is 12.9. The summed E-state index contributed by atoms with van der Waals surface area (Å²) in [5.74, 6) is 4.07. The maximum absolute atomic E-state index is 12.9. The van der Waals surface area contributed by atoms with Crippen molar-refractivity contribution < 1.29 is 20.1 Å². The molecule has 10 heteroatoms. The summed E-state index contributed by atoms with van der Waals surface area (Å²) in [7, 11) is 0. The van der Waals surface area contributed by atoms with Gasteiger partial charge in [-0.1, -0.05) is 125 Å². The smallest absolute Gasteiger partial charge is 0.336 e. The van der Waals surface area contributed by atoms with E-state index in [1.54, 1.807) is 0 Å². The minimum Gasteiger partial charge on any atom is -0.507 e. The van der Waals surface area contributed by atoms with Crippen molar-refractivity contribution in [1.29, 1.82) is 0 Å². The third kappa shape index (κ3) is 9.26. The number of rotatable bonds is 5. The van der Waals surface area contributed by atoms with Crippen molar-refractivity contribution in [2.24, 2.45) is 0 Å². The van der Waals surface area contributed by atoms with Gasteiger partial charge >= 0.3 is 17.1 Å². The van der Waals surface area contributed by atoms with Crippen molar-refractivity contribution in [1.82, 2.24) is 14.5 Å². The Kier molecular flexibility index (Phi) is 12.2. The molecule has 10 nitrogen and oxygen atoms in total. The molecule has 0 saturated carbocycles. The Labute approximate surface area is 356 Å². The molecule has 60 heavy (non-hydrogen) atoms. The van der Waals surface area contributed by atoms with Gasteiger partial charge in [0.2, 0.25) is 0 Å². The van der Waals surface area contributed by atoms with Gasteiger partial charge in [0.05, 0.1) is 0 Å². The number of hydrogen-bond acceptors (Lipinski definition) is 7. The van der Waals surface area contributed by atoms with Crippen LogP contribution in [-0.2, 0) is 42.6 Å². The predicted molar refractivity (Wildman–Crippen MR) is 242 cm³/mol. The normalized spacial score (nSPS) is 13.8. The summed E-state index contributed by atoms with van der Waals surface area (Å²) in [4.78, 5) is 41.9. The molecular weight excluding hydrogens is 755 g/mol. The fourth-order valence-electron chi connectivity index (χ4n) is 7.71. The molecule has 0 saturated heterocycles. The van der Waals surface area contributed by atoms with Crippen LogP contribution >= 0.6 is 0 Å². The fraction of sp³-hybridized carbons (Fsp3) is 0.540. The van der Waals surface area contributed by atoms with Crippen LogP contribution in [0.4, 0.5) is 0 Å². The summed E-state index contributed by atoms with van der Waals surface area (Å²) in [6.45, 7) is 38.3. The highest BCUT2D eigenvalue weighted by Crippen LogP contribution is 2.52. The number of aromatic hydroxyl groups is 3. The monoisotopic (exact) mass is 824 g/mol. The maximum Gasteiger partial charge on any atom is 0.336 e. The topological polar surface area (TPSA) is 158 Å². The van der Waals surface area contributed by atoms with Crippen LogP contribution < -0.4 is 17.1 Å². The Morgan fingerprint density at radius 1 is 0.483 bits per heavy atom. The standard InChI is InChI=1S/C50H69N3O7/c1-28(53-42(58)51-41(57)52-43(53)59)60-21-20-50(29-22-32(44(2,3)4)38(54)33(23-29)45(5,6)7,30-24-34(46(8,9)10)39(55)35(25-30)47(11,12)13)31-26-36(48(14,15)16)40(56)37(27-31)49(17,18)19/h22-28,54-56H,1-19H3,(H2,51,52,57,58,59). The SMILES string of the molecule is CC(OC#CC(c1cc(C(C)(C)C)c(O)c(C(C)(C)C)c1)(c1cc(C(C)(C)C)c(O)c(C(C)(C)C)c1)c1cc(C(C)(C)C)c(O)c(C(C)(C)C)c1)n1c(=O)[nH]c(=O)[nH]c1=O. The average Bonchev–Trinajstić information content (AvgIpc) is 3.03. The minimum absolute atomic E-state index is 0.176. The number of ether oxygens (including phenoxy) is 1. The molecule has 0 amide bonds. The Morgan fingerprint density at radius 3 is 0.933 bits per heavy atom. The van der Waals surface area contributed by atoms with Crippen LogP contribution in [-0.4, -0.2) is 29.9 Å². The van der Waals surface area contributed by atoms with E-state index in [1.807, 2.05) is 161 Å². The summed E-state index contributed by atoms with van der Waals surface area (Å²) < 4.78 is 6.85. The Bertz CT molecular complexity index is 2200. The van der Waals surface area contributed by atoms with Crippen LogP contribution in [0.5, 0.6) is 17.2 Å². The van der Waals surface area contributed by atoms with Gasteiger partial charge in [-0.25, -0.2) is 19.0 Å². The van der Waals surface area contributed by atoms with Gasteiger partial charge in [0.1, 0.15) is 28.8 Å². The highest BCUT2D eigenvalue weighted by molar-refractivity contribution is 5.67. The Balaban J connectivity index is 2.48. The highest BCUT2D eigenvalue weighted by atomic mass is 16.5. The first-order valence-electron chi connectivity index (χ1n) is 20.7. The summed E-state index contributed by atoms with van der Waals surface area (Å²) in [5, 5.41) is 36.3. The first-order valence-corrected chi connectivity index (χ1v) is 20.7. The van der Waals surface area contributed by atoms with Crippen molar-refractivity contribution in [3.05, 3.63) is 118 Å². The largest absolute Gasteiger partial charge is 0.507 e. The first kappa shape index (κ1) is 47.5. The molecule has 3 aromatic carbocycles. The van der Waals surface area contributed by atoms with Gasteiger partial charge in [-0.2, -0.15) is 0 Å². The predicted octanol–water partition coefficient (Wildman–Crippen LogP) is 9.66. The number of nitrogens with zero attached hydrogens (tertiary/aromatic N) is 1. The molecule has 0 bridgehead atoms. The lowest BCUT2D eigenvalue weighted by atomic mass is 9.64. The van der Waals surface area contributed by atoms with Crippen LogP contribution in [0.15, 0.2) is 50.8 Å². The van der Waals surface area contributed by atoms with Crippen LogP contribution in [0.1, 0.15) is 188 Å². The number of aromatic nitrogens is 3. The lowest BCUT2D eigenvalue weighted by molar-refractivity contribution is 0.107. The number of benzene rings is 3. The number of phenolic OH excluding ortho intramolecular Hbond substituents is 3. The third-order valence-electron chi connectivity index (χ3n) is 11.2. The molecule has 1 unspecified atom stereocenters. The number of H-pyrrole nitrogens is 2. The molecule has 1 heterocycles. The van der Waals surface area contributed by atoms with Crippen LogP contribution in [0, 0.1) is 12.0 Å². The van der Waals surface area contributed by atoms with E-state index in [1.165, 1.54) is 6.92 Å². The van der Waals surface area contributed by atoms with Crippen LogP contribution in [0.3, 0.4) is 0 Å². The van der Waals surface area contributed by atoms with E-state index in [9.17, 15) is 29.7 Å². The minimum atomic E-state index is -1.47. The zero-order valence-corrected chi connectivity index (χ0v) is 39.5. The van der Waals surface area contributed by atoms with Crippen molar-refractivity contribution in [2.45, 2.75) is 176 Å². The molecule has 0 aliphatic carbocycles. The Morgan fingerprint density at radius 2 is 0.717 bits per heavy atom. The summed E-state index contributed by atoms with van der Waals surface area (Å²) in [6, 6.07) is 11.9. The molecule has 4 aromatic rings. The van der Waals surface area contributed by atoms with Gasteiger partial charge in [-0.15, -0.1) is 0 Å². The van der Waals surface area contributed by atoms with Crippen molar-refractivity contribution in [3.63, 3.8) is 0 Å². The third-order valence-corrected chi connectivity index (χ3v) is 11.2. The van der Waals surface area contributed by atoms with Crippen molar-refractivity contribution in [2.75, 3.05) is 0 Å². The van der Waals surface area contributed by atoms with Gasteiger partial charge in [0.15, 0.2) is 6.23 Å². The number of aromatic amines is 2. The molecule has 0 aliphatic rings. The molecule has 4 rings (SSSR count). The van der Waals surface area contributed by atoms with Gasteiger partial charge in [-0.3, -0.25) is 9.97 Å². The molecular formula is C50H69N3O7. The van der Waals surface area contributed by atoms with Gasteiger partial charge < -0.3 is 20.1 Å².